The van der Waals surface area contributed by atoms with E-state index >= 15 is 0 Å². The summed E-state index contributed by atoms with van der Waals surface area (Å²) in [4.78, 5) is 29.4. The Morgan fingerprint density at radius 3 is 3.22 bits per heavy atom. The molecule has 7 heteroatoms. The van der Waals surface area contributed by atoms with Gasteiger partial charge >= 0.3 is 0 Å². The maximum Gasteiger partial charge on any atom is 0.256 e. The van der Waals surface area contributed by atoms with Crippen molar-refractivity contribution in [3.05, 3.63) is 51.7 Å². The van der Waals surface area contributed by atoms with E-state index in [9.17, 15) is 4.79 Å². The van der Waals surface area contributed by atoms with Crippen LogP contribution in [0.4, 0.5) is 0 Å². The number of aromatic amines is 2. The van der Waals surface area contributed by atoms with Crippen LogP contribution in [0.3, 0.4) is 0 Å². The zero-order valence-electron chi connectivity index (χ0n) is 12.8. The fourth-order valence-corrected chi connectivity index (χ4v) is 3.47. The van der Waals surface area contributed by atoms with Crippen molar-refractivity contribution in [2.24, 2.45) is 0 Å². The summed E-state index contributed by atoms with van der Waals surface area (Å²) in [6.07, 6.45) is 6.53. The summed E-state index contributed by atoms with van der Waals surface area (Å²) in [5.74, 6) is 0. The Balaban J connectivity index is 1.60. The lowest BCUT2D eigenvalue weighted by Crippen LogP contribution is -2.35. The van der Waals surface area contributed by atoms with Gasteiger partial charge in [0.15, 0.2) is 5.16 Å². The summed E-state index contributed by atoms with van der Waals surface area (Å²) in [5.41, 5.74) is 3.84. The van der Waals surface area contributed by atoms with Gasteiger partial charge in [-0.2, -0.15) is 0 Å². The fourth-order valence-electron chi connectivity index (χ4n) is 3.07. The highest BCUT2D eigenvalue weighted by molar-refractivity contribution is 7.98. The van der Waals surface area contributed by atoms with Crippen molar-refractivity contribution in [3.63, 3.8) is 0 Å². The third-order valence-corrected chi connectivity index (χ3v) is 4.83. The summed E-state index contributed by atoms with van der Waals surface area (Å²) < 4.78 is 0. The van der Waals surface area contributed by atoms with Crippen LogP contribution in [0.5, 0.6) is 0 Å². The molecule has 0 amide bonds. The average Bonchev–Trinajstić information content (AvgIpc) is 2.98. The normalized spacial score (nSPS) is 15.0. The summed E-state index contributed by atoms with van der Waals surface area (Å²) in [5, 5.41) is 1.84. The topological polar surface area (TPSA) is 77.7 Å². The standard InChI is InChI=1S/C16H17N5OS/c1-23-16-19-13-4-6-21(9-12(13)15(22)20-16)8-10-7-18-14-11(10)3-2-5-17-14/h2-3,5,7H,4,6,8-9H2,1H3,(H,17,18)(H,19,20,22). The van der Waals surface area contributed by atoms with E-state index in [-0.39, 0.29) is 5.56 Å². The van der Waals surface area contributed by atoms with Crippen LogP contribution >= 0.6 is 11.8 Å². The number of hydrogen-bond donors (Lipinski definition) is 2. The first-order valence-corrected chi connectivity index (χ1v) is 8.76. The molecule has 1 aliphatic heterocycles. The molecule has 0 spiro atoms. The number of nitrogens with one attached hydrogen (secondary N) is 2. The lowest BCUT2D eigenvalue weighted by Gasteiger charge is -2.27. The SMILES string of the molecule is CSc1nc2c(c(=O)[nH]1)CN(Cc1c[nH]c3ncccc13)CC2. The van der Waals surface area contributed by atoms with Crippen LogP contribution in [0.25, 0.3) is 11.0 Å². The minimum absolute atomic E-state index is 0.00959. The van der Waals surface area contributed by atoms with Crippen LogP contribution in [0.1, 0.15) is 16.8 Å². The first-order chi connectivity index (χ1) is 11.2. The molecule has 4 heterocycles. The number of aromatic nitrogens is 4. The molecule has 23 heavy (non-hydrogen) atoms. The summed E-state index contributed by atoms with van der Waals surface area (Å²) >= 11 is 1.47. The molecule has 0 radical (unpaired) electrons. The highest BCUT2D eigenvalue weighted by atomic mass is 32.2. The molecule has 0 saturated carbocycles. The molecular formula is C16H17N5OS. The predicted molar refractivity (Wildman–Crippen MR) is 90.6 cm³/mol. The highest BCUT2D eigenvalue weighted by Crippen LogP contribution is 2.21. The molecule has 2 N–H and O–H groups in total. The van der Waals surface area contributed by atoms with Gasteiger partial charge in [0.25, 0.3) is 5.56 Å². The van der Waals surface area contributed by atoms with E-state index in [0.717, 1.165) is 41.8 Å². The molecule has 0 aliphatic carbocycles. The molecule has 3 aromatic rings. The largest absolute Gasteiger partial charge is 0.346 e. The van der Waals surface area contributed by atoms with Crippen molar-refractivity contribution < 1.29 is 0 Å². The Kier molecular flexibility index (Phi) is 3.66. The first kappa shape index (κ1) is 14.5. The van der Waals surface area contributed by atoms with Crippen LogP contribution < -0.4 is 5.56 Å². The van der Waals surface area contributed by atoms with Crippen molar-refractivity contribution in [2.75, 3.05) is 12.8 Å². The molecule has 0 saturated heterocycles. The minimum Gasteiger partial charge on any atom is -0.346 e. The van der Waals surface area contributed by atoms with Crippen LogP contribution in [0, 0.1) is 0 Å². The van der Waals surface area contributed by atoms with E-state index in [1.165, 1.54) is 17.3 Å². The summed E-state index contributed by atoms with van der Waals surface area (Å²) in [7, 11) is 0. The summed E-state index contributed by atoms with van der Waals surface area (Å²) in [6.45, 7) is 2.35. The molecule has 6 nitrogen and oxygen atoms in total. The van der Waals surface area contributed by atoms with E-state index in [1.54, 1.807) is 6.20 Å². The van der Waals surface area contributed by atoms with Gasteiger partial charge in [-0.05, 0) is 24.0 Å². The van der Waals surface area contributed by atoms with E-state index in [2.05, 4.69) is 30.9 Å². The zero-order chi connectivity index (χ0) is 15.8. The number of nitrogens with zero attached hydrogens (tertiary/aromatic N) is 3. The van der Waals surface area contributed by atoms with Crippen LogP contribution in [0.2, 0.25) is 0 Å². The second-order valence-corrected chi connectivity index (χ2v) is 6.47. The van der Waals surface area contributed by atoms with Gasteiger partial charge in [0.2, 0.25) is 0 Å². The van der Waals surface area contributed by atoms with E-state index in [1.807, 2.05) is 18.5 Å². The number of pyridine rings is 1. The van der Waals surface area contributed by atoms with Crippen molar-refractivity contribution in [3.8, 4) is 0 Å². The first-order valence-electron chi connectivity index (χ1n) is 7.54. The summed E-state index contributed by atoms with van der Waals surface area (Å²) in [6, 6.07) is 4.02. The van der Waals surface area contributed by atoms with Gasteiger partial charge in [0.1, 0.15) is 5.65 Å². The van der Waals surface area contributed by atoms with Gasteiger partial charge in [-0.3, -0.25) is 9.69 Å². The number of fused-ring (bicyclic) bond motifs is 2. The molecule has 0 bridgehead atoms. The molecule has 0 atom stereocenters. The van der Waals surface area contributed by atoms with Gasteiger partial charge in [-0.15, -0.1) is 0 Å². The predicted octanol–water partition coefficient (Wildman–Crippen LogP) is 1.93. The molecule has 0 fully saturated rings. The lowest BCUT2D eigenvalue weighted by molar-refractivity contribution is 0.242. The third kappa shape index (κ3) is 2.66. The molecule has 0 aromatic carbocycles. The second-order valence-electron chi connectivity index (χ2n) is 5.67. The fraction of sp³-hybridized carbons (Fsp3) is 0.312. The van der Waals surface area contributed by atoms with Gasteiger partial charge < -0.3 is 9.97 Å². The Morgan fingerprint density at radius 1 is 1.43 bits per heavy atom. The second kappa shape index (κ2) is 5.82. The maximum atomic E-state index is 12.3. The van der Waals surface area contributed by atoms with Crippen molar-refractivity contribution in [1.29, 1.82) is 0 Å². The molecular weight excluding hydrogens is 310 g/mol. The molecule has 4 rings (SSSR count). The average molecular weight is 327 g/mol. The van der Waals surface area contributed by atoms with Crippen LogP contribution in [-0.2, 0) is 19.5 Å². The Morgan fingerprint density at radius 2 is 2.35 bits per heavy atom. The van der Waals surface area contributed by atoms with E-state index in [0.29, 0.717) is 11.7 Å². The van der Waals surface area contributed by atoms with E-state index < -0.39 is 0 Å². The maximum absolute atomic E-state index is 12.3. The van der Waals surface area contributed by atoms with E-state index in [4.69, 9.17) is 0 Å². The smallest absolute Gasteiger partial charge is 0.256 e. The monoisotopic (exact) mass is 327 g/mol. The van der Waals surface area contributed by atoms with Gasteiger partial charge in [0, 0.05) is 43.8 Å². The molecule has 118 valence electrons. The Bertz CT molecular complexity index is 916. The zero-order valence-corrected chi connectivity index (χ0v) is 13.6. The number of rotatable bonds is 3. The number of H-pyrrole nitrogens is 2. The van der Waals surface area contributed by atoms with Gasteiger partial charge in [-0.1, -0.05) is 11.8 Å². The minimum atomic E-state index is -0.00959. The quantitative estimate of drug-likeness (QED) is 0.568. The van der Waals surface area contributed by atoms with Crippen molar-refractivity contribution >= 4 is 22.8 Å². The molecule has 0 unspecified atom stereocenters. The Hall–Kier alpha value is -2.12. The third-order valence-electron chi connectivity index (χ3n) is 4.25. The molecule has 1 aliphatic rings. The lowest BCUT2D eigenvalue weighted by atomic mass is 10.1. The van der Waals surface area contributed by atoms with Crippen LogP contribution in [0.15, 0.2) is 34.5 Å². The van der Waals surface area contributed by atoms with Crippen LogP contribution in [-0.4, -0.2) is 37.6 Å². The number of hydrogen-bond acceptors (Lipinski definition) is 5. The van der Waals surface area contributed by atoms with Gasteiger partial charge in [0.05, 0.1) is 11.3 Å². The number of thioether (sulfide) groups is 1. The Labute approximate surface area is 137 Å². The molecule has 3 aromatic heterocycles. The van der Waals surface area contributed by atoms with Crippen molar-refractivity contribution in [2.45, 2.75) is 24.7 Å². The van der Waals surface area contributed by atoms with Crippen molar-refractivity contribution in [1.82, 2.24) is 24.8 Å². The highest BCUT2D eigenvalue weighted by Gasteiger charge is 2.21. The van der Waals surface area contributed by atoms with Gasteiger partial charge in [-0.25, -0.2) is 9.97 Å².